The predicted molar refractivity (Wildman–Crippen MR) is 72.0 cm³/mol. The number of methoxy groups -OCH3 is 5. The van der Waals surface area contributed by atoms with E-state index in [0.29, 0.717) is 0 Å². The molecule has 0 unspecified atom stereocenters. The van der Waals surface area contributed by atoms with Crippen LogP contribution in [0.5, 0.6) is 0 Å². The Morgan fingerprint density at radius 1 is 0.905 bits per heavy atom. The van der Waals surface area contributed by atoms with Gasteiger partial charge in [-0.1, -0.05) is 12.2 Å². The lowest BCUT2D eigenvalue weighted by Gasteiger charge is -2.41. The molecular formula is C14H22O7. The van der Waals surface area contributed by atoms with E-state index in [2.05, 4.69) is 0 Å². The van der Waals surface area contributed by atoms with Crippen molar-refractivity contribution in [1.82, 2.24) is 0 Å². The molecule has 0 aromatic rings. The first kappa shape index (κ1) is 17.6. The Balaban J connectivity index is 3.17. The Labute approximate surface area is 124 Å². The molecule has 0 aliphatic heterocycles. The number of esters is 2. The van der Waals surface area contributed by atoms with E-state index in [0.717, 1.165) is 0 Å². The molecule has 0 spiro atoms. The quantitative estimate of drug-likeness (QED) is 0.406. The van der Waals surface area contributed by atoms with Gasteiger partial charge in [0, 0.05) is 21.3 Å². The fourth-order valence-corrected chi connectivity index (χ4v) is 2.66. The molecule has 3 atom stereocenters. The Bertz CT molecular complexity index is 392. The lowest BCUT2D eigenvalue weighted by atomic mass is 9.77. The minimum atomic E-state index is -1.45. The maximum Gasteiger partial charge on any atom is 0.313 e. The lowest BCUT2D eigenvalue weighted by molar-refractivity contribution is -0.384. The molecule has 0 N–H and O–H groups in total. The van der Waals surface area contributed by atoms with Gasteiger partial charge < -0.3 is 23.7 Å². The molecule has 0 heterocycles. The topological polar surface area (TPSA) is 80.3 Å². The van der Waals surface area contributed by atoms with Gasteiger partial charge in [-0.2, -0.15) is 0 Å². The molecule has 0 amide bonds. The number of rotatable bonds is 6. The standard InChI is InChI=1S/C14H22O7/c1-17-12(15)9-6-7-10(13(16)18-2)11(8-9)14(19-3,20-4)21-5/h6-7,9-11H,8H2,1-5H3/t9-,10+,11+/m1/s1. The summed E-state index contributed by atoms with van der Waals surface area (Å²) in [6.45, 7) is 0. The van der Waals surface area contributed by atoms with Crippen molar-refractivity contribution in [2.45, 2.75) is 12.4 Å². The van der Waals surface area contributed by atoms with E-state index in [1.54, 1.807) is 12.2 Å². The van der Waals surface area contributed by atoms with Gasteiger partial charge in [-0.25, -0.2) is 0 Å². The van der Waals surface area contributed by atoms with Crippen LogP contribution in [0.2, 0.25) is 0 Å². The minimum Gasteiger partial charge on any atom is -0.469 e. The molecule has 7 heteroatoms. The summed E-state index contributed by atoms with van der Waals surface area (Å²) >= 11 is 0. The summed E-state index contributed by atoms with van der Waals surface area (Å²) in [6, 6.07) is 0. The van der Waals surface area contributed by atoms with E-state index in [1.165, 1.54) is 35.5 Å². The SMILES string of the molecule is COC(=O)[C@@H]1C=C[C@H](C(=O)OC)[C@@H](C(OC)(OC)OC)C1. The van der Waals surface area contributed by atoms with Crippen LogP contribution in [0.3, 0.4) is 0 Å². The van der Waals surface area contributed by atoms with Crippen molar-refractivity contribution in [1.29, 1.82) is 0 Å². The van der Waals surface area contributed by atoms with Crippen LogP contribution in [0.1, 0.15) is 6.42 Å². The van der Waals surface area contributed by atoms with Crippen molar-refractivity contribution in [2.24, 2.45) is 17.8 Å². The fourth-order valence-electron chi connectivity index (χ4n) is 2.66. The maximum absolute atomic E-state index is 12.0. The summed E-state index contributed by atoms with van der Waals surface area (Å²) < 4.78 is 25.5. The Hall–Kier alpha value is -1.44. The van der Waals surface area contributed by atoms with Gasteiger partial charge in [0.15, 0.2) is 0 Å². The summed E-state index contributed by atoms with van der Waals surface area (Å²) in [4.78, 5) is 23.7. The molecule has 0 aromatic carbocycles. The van der Waals surface area contributed by atoms with Crippen LogP contribution in [-0.4, -0.2) is 53.5 Å². The van der Waals surface area contributed by atoms with Crippen molar-refractivity contribution in [3.63, 3.8) is 0 Å². The van der Waals surface area contributed by atoms with Gasteiger partial charge in [-0.15, -0.1) is 0 Å². The average Bonchev–Trinajstić information content (AvgIpc) is 2.55. The van der Waals surface area contributed by atoms with E-state index in [1.807, 2.05) is 0 Å². The zero-order valence-corrected chi connectivity index (χ0v) is 13.0. The smallest absolute Gasteiger partial charge is 0.313 e. The normalized spacial score (nSPS) is 25.5. The molecule has 0 fully saturated rings. The van der Waals surface area contributed by atoms with Crippen LogP contribution in [-0.2, 0) is 33.3 Å². The van der Waals surface area contributed by atoms with E-state index in [-0.39, 0.29) is 6.42 Å². The number of ether oxygens (including phenoxy) is 5. The Kier molecular flexibility index (Phi) is 6.32. The molecule has 0 saturated heterocycles. The van der Waals surface area contributed by atoms with E-state index in [9.17, 15) is 9.59 Å². The Morgan fingerprint density at radius 2 is 1.43 bits per heavy atom. The highest BCUT2D eigenvalue weighted by Gasteiger charge is 2.50. The summed E-state index contributed by atoms with van der Waals surface area (Å²) in [5.41, 5.74) is 0. The molecule has 21 heavy (non-hydrogen) atoms. The molecule has 0 bridgehead atoms. The molecular weight excluding hydrogens is 280 g/mol. The number of carbonyl (C=O) groups is 2. The van der Waals surface area contributed by atoms with Crippen molar-refractivity contribution >= 4 is 11.9 Å². The summed E-state index contributed by atoms with van der Waals surface area (Å²) in [5, 5.41) is 0. The summed E-state index contributed by atoms with van der Waals surface area (Å²) in [6.07, 6.45) is 3.52. The Morgan fingerprint density at radius 3 is 1.86 bits per heavy atom. The average molecular weight is 302 g/mol. The second-order valence-electron chi connectivity index (χ2n) is 4.62. The predicted octanol–water partition coefficient (Wildman–Crippen LogP) is 0.734. The lowest BCUT2D eigenvalue weighted by Crippen LogP contribution is -2.51. The second-order valence-corrected chi connectivity index (χ2v) is 4.62. The minimum absolute atomic E-state index is 0.276. The third-order valence-corrected chi connectivity index (χ3v) is 3.78. The molecule has 7 nitrogen and oxygen atoms in total. The molecule has 0 aromatic heterocycles. The third-order valence-electron chi connectivity index (χ3n) is 3.78. The summed E-state index contributed by atoms with van der Waals surface area (Å²) in [5.74, 6) is -3.99. The van der Waals surface area contributed by atoms with Crippen LogP contribution in [0.25, 0.3) is 0 Å². The highest BCUT2D eigenvalue weighted by Crippen LogP contribution is 2.40. The first-order chi connectivity index (χ1) is 9.99. The van der Waals surface area contributed by atoms with E-state index < -0.39 is 35.7 Å². The van der Waals surface area contributed by atoms with Crippen molar-refractivity contribution in [3.8, 4) is 0 Å². The molecule has 0 radical (unpaired) electrons. The molecule has 0 saturated carbocycles. The van der Waals surface area contributed by atoms with Gasteiger partial charge in [0.05, 0.1) is 32.0 Å². The van der Waals surface area contributed by atoms with Crippen molar-refractivity contribution < 1.29 is 33.3 Å². The first-order valence-corrected chi connectivity index (χ1v) is 6.49. The van der Waals surface area contributed by atoms with E-state index >= 15 is 0 Å². The van der Waals surface area contributed by atoms with Crippen LogP contribution < -0.4 is 0 Å². The molecule has 120 valence electrons. The number of carbonyl (C=O) groups excluding carboxylic acids is 2. The van der Waals surface area contributed by atoms with Crippen LogP contribution in [0.15, 0.2) is 12.2 Å². The monoisotopic (exact) mass is 302 g/mol. The van der Waals surface area contributed by atoms with Crippen molar-refractivity contribution in [3.05, 3.63) is 12.2 Å². The van der Waals surface area contributed by atoms with Crippen molar-refractivity contribution in [2.75, 3.05) is 35.5 Å². The van der Waals surface area contributed by atoms with Gasteiger partial charge in [-0.3, -0.25) is 9.59 Å². The maximum atomic E-state index is 12.0. The zero-order valence-electron chi connectivity index (χ0n) is 13.0. The number of hydrogen-bond donors (Lipinski definition) is 0. The summed E-state index contributed by atoms with van der Waals surface area (Å²) in [7, 11) is 6.84. The fraction of sp³-hybridized carbons (Fsp3) is 0.714. The molecule has 1 rings (SSSR count). The number of hydrogen-bond acceptors (Lipinski definition) is 7. The first-order valence-electron chi connectivity index (χ1n) is 6.49. The third kappa shape index (κ3) is 3.42. The highest BCUT2D eigenvalue weighted by molar-refractivity contribution is 5.78. The van der Waals surface area contributed by atoms with E-state index in [4.69, 9.17) is 23.7 Å². The van der Waals surface area contributed by atoms with Crippen LogP contribution >= 0.6 is 0 Å². The van der Waals surface area contributed by atoms with Gasteiger partial charge in [0.2, 0.25) is 0 Å². The van der Waals surface area contributed by atoms with Gasteiger partial charge in [-0.05, 0) is 6.42 Å². The van der Waals surface area contributed by atoms with Crippen LogP contribution in [0, 0.1) is 17.8 Å². The highest BCUT2D eigenvalue weighted by atomic mass is 16.9. The van der Waals surface area contributed by atoms with Gasteiger partial charge in [0.1, 0.15) is 0 Å². The van der Waals surface area contributed by atoms with Gasteiger partial charge >= 0.3 is 11.9 Å². The largest absolute Gasteiger partial charge is 0.469 e. The second kappa shape index (κ2) is 7.53. The molecule has 1 aliphatic rings. The van der Waals surface area contributed by atoms with Crippen LogP contribution in [0.4, 0.5) is 0 Å². The zero-order chi connectivity index (χ0) is 16.0. The van der Waals surface area contributed by atoms with Gasteiger partial charge in [0.25, 0.3) is 5.97 Å². The molecule has 1 aliphatic carbocycles.